The Morgan fingerprint density at radius 3 is 2.27 bits per heavy atom. The smallest absolute Gasteiger partial charge is 0.250 e. The Balaban J connectivity index is 1.68. The molecule has 158 valence electrons. The number of likely N-dealkylation sites (tertiary alicyclic amines) is 1. The van der Waals surface area contributed by atoms with Crippen molar-refractivity contribution in [3.8, 4) is 0 Å². The number of amides is 2. The third-order valence-corrected chi connectivity index (χ3v) is 7.31. The fourth-order valence-electron chi connectivity index (χ4n) is 4.80. The van der Waals surface area contributed by atoms with E-state index in [0.29, 0.717) is 19.3 Å². The van der Waals surface area contributed by atoms with Gasteiger partial charge in [-0.05, 0) is 73.9 Å². The van der Waals surface area contributed by atoms with Gasteiger partial charge in [-0.3, -0.25) is 9.59 Å². The lowest BCUT2D eigenvalue weighted by atomic mass is 9.80. The summed E-state index contributed by atoms with van der Waals surface area (Å²) in [6.45, 7) is 6.03. The van der Waals surface area contributed by atoms with Crippen LogP contribution in [0.1, 0.15) is 47.6 Å². The molecular formula is C24H27FN2O2S. The Labute approximate surface area is 181 Å². The molecule has 2 aliphatic heterocycles. The summed E-state index contributed by atoms with van der Waals surface area (Å²) < 4.78 is 13.4. The number of β-lactam (4-membered cyclic amide) rings is 1. The summed E-state index contributed by atoms with van der Waals surface area (Å²) in [5.41, 5.74) is 4.03. The molecule has 0 aromatic heterocycles. The number of anilines is 1. The standard InChI is InChI=1S/C24H27FN2O2S/c1-15-12-16(2)22(17(3)13-15)26-23(29)24(8-10-30-11-9-24)27-20(14-21(27)28)18-4-6-19(25)7-5-18/h4-7,12-13,20H,8-11,14H2,1-3H3,(H,26,29). The maximum absolute atomic E-state index is 13.7. The first-order valence-electron chi connectivity index (χ1n) is 10.4. The molecule has 0 saturated carbocycles. The minimum Gasteiger partial charge on any atom is -0.324 e. The van der Waals surface area contributed by atoms with Gasteiger partial charge in [0.2, 0.25) is 11.8 Å². The molecule has 2 amide bonds. The highest BCUT2D eigenvalue weighted by Crippen LogP contribution is 2.46. The van der Waals surface area contributed by atoms with Crippen molar-refractivity contribution in [1.82, 2.24) is 4.90 Å². The van der Waals surface area contributed by atoms with E-state index >= 15 is 0 Å². The number of nitrogens with zero attached hydrogens (tertiary/aromatic N) is 1. The normalized spacial score (nSPS) is 20.6. The molecule has 30 heavy (non-hydrogen) atoms. The van der Waals surface area contributed by atoms with E-state index in [1.54, 1.807) is 17.0 Å². The molecule has 6 heteroatoms. The predicted octanol–water partition coefficient (Wildman–Crippen LogP) is 4.93. The van der Waals surface area contributed by atoms with Gasteiger partial charge in [0.05, 0.1) is 12.5 Å². The third-order valence-electron chi connectivity index (χ3n) is 6.32. The largest absolute Gasteiger partial charge is 0.324 e. The number of halogens is 1. The molecule has 0 spiro atoms. The molecule has 2 heterocycles. The van der Waals surface area contributed by atoms with Crippen molar-refractivity contribution in [1.29, 1.82) is 0 Å². The number of hydrogen-bond donors (Lipinski definition) is 1. The number of thioether (sulfide) groups is 1. The monoisotopic (exact) mass is 426 g/mol. The minimum absolute atomic E-state index is 0.0104. The molecule has 4 rings (SSSR count). The Kier molecular flexibility index (Phi) is 5.62. The van der Waals surface area contributed by atoms with Crippen molar-refractivity contribution in [3.63, 3.8) is 0 Å². The van der Waals surface area contributed by atoms with Gasteiger partial charge in [0.1, 0.15) is 11.4 Å². The van der Waals surface area contributed by atoms with E-state index in [1.807, 2.05) is 32.5 Å². The van der Waals surface area contributed by atoms with Crippen molar-refractivity contribution >= 4 is 29.3 Å². The number of rotatable bonds is 4. The molecule has 1 unspecified atom stereocenters. The van der Waals surface area contributed by atoms with Gasteiger partial charge < -0.3 is 10.2 Å². The van der Waals surface area contributed by atoms with Crippen molar-refractivity contribution in [3.05, 3.63) is 64.5 Å². The van der Waals surface area contributed by atoms with Gasteiger partial charge in [-0.1, -0.05) is 29.8 Å². The van der Waals surface area contributed by atoms with E-state index in [1.165, 1.54) is 12.1 Å². The first kappa shape index (κ1) is 20.9. The maximum Gasteiger partial charge on any atom is 0.250 e. The molecule has 2 fully saturated rings. The van der Waals surface area contributed by atoms with Crippen LogP contribution in [0.3, 0.4) is 0 Å². The number of nitrogens with one attached hydrogen (secondary N) is 1. The van der Waals surface area contributed by atoms with Crippen LogP contribution in [0.15, 0.2) is 36.4 Å². The topological polar surface area (TPSA) is 49.4 Å². The minimum atomic E-state index is -0.872. The zero-order chi connectivity index (χ0) is 21.5. The summed E-state index contributed by atoms with van der Waals surface area (Å²) >= 11 is 1.81. The zero-order valence-corrected chi connectivity index (χ0v) is 18.4. The second-order valence-corrected chi connectivity index (χ2v) is 9.63. The summed E-state index contributed by atoms with van der Waals surface area (Å²) in [6.07, 6.45) is 1.60. The van der Waals surface area contributed by atoms with Gasteiger partial charge in [0.15, 0.2) is 0 Å². The van der Waals surface area contributed by atoms with Gasteiger partial charge in [-0.25, -0.2) is 4.39 Å². The van der Waals surface area contributed by atoms with E-state index < -0.39 is 5.54 Å². The van der Waals surface area contributed by atoms with E-state index in [9.17, 15) is 14.0 Å². The van der Waals surface area contributed by atoms with Crippen LogP contribution in [-0.4, -0.2) is 33.8 Å². The first-order valence-corrected chi connectivity index (χ1v) is 11.5. The maximum atomic E-state index is 13.7. The SMILES string of the molecule is Cc1cc(C)c(NC(=O)C2(N3C(=O)CC3c3ccc(F)cc3)CCSCC2)c(C)c1. The number of hydrogen-bond acceptors (Lipinski definition) is 3. The Morgan fingerprint density at radius 2 is 1.70 bits per heavy atom. The van der Waals surface area contributed by atoms with Crippen molar-refractivity contribution < 1.29 is 14.0 Å². The van der Waals surface area contributed by atoms with Crippen LogP contribution in [0.4, 0.5) is 10.1 Å². The van der Waals surface area contributed by atoms with Gasteiger partial charge in [-0.2, -0.15) is 11.8 Å². The summed E-state index contributed by atoms with van der Waals surface area (Å²) in [6, 6.07) is 10.2. The molecule has 2 saturated heterocycles. The molecule has 2 aliphatic rings. The summed E-state index contributed by atoms with van der Waals surface area (Å²) in [5, 5.41) is 3.16. The predicted molar refractivity (Wildman–Crippen MR) is 119 cm³/mol. The fraction of sp³-hybridized carbons (Fsp3) is 0.417. The number of carbonyl (C=O) groups excluding carboxylic acids is 2. The molecule has 4 nitrogen and oxygen atoms in total. The molecule has 2 aromatic carbocycles. The van der Waals surface area contributed by atoms with Gasteiger partial charge in [0, 0.05) is 5.69 Å². The molecule has 2 aromatic rings. The van der Waals surface area contributed by atoms with Crippen LogP contribution in [0.25, 0.3) is 0 Å². The molecule has 1 atom stereocenters. The quantitative estimate of drug-likeness (QED) is 0.706. The average Bonchev–Trinajstić information content (AvgIpc) is 2.70. The molecule has 0 aliphatic carbocycles. The van der Waals surface area contributed by atoms with Crippen LogP contribution < -0.4 is 5.32 Å². The van der Waals surface area contributed by atoms with Gasteiger partial charge >= 0.3 is 0 Å². The van der Waals surface area contributed by atoms with Crippen molar-refractivity contribution in [2.24, 2.45) is 0 Å². The van der Waals surface area contributed by atoms with Crippen LogP contribution in [0.2, 0.25) is 0 Å². The number of aryl methyl sites for hydroxylation is 3. The van der Waals surface area contributed by atoms with Crippen LogP contribution in [-0.2, 0) is 9.59 Å². The van der Waals surface area contributed by atoms with E-state index in [2.05, 4.69) is 17.4 Å². The average molecular weight is 427 g/mol. The summed E-state index contributed by atoms with van der Waals surface area (Å²) in [5.74, 6) is 1.24. The zero-order valence-electron chi connectivity index (χ0n) is 17.6. The highest BCUT2D eigenvalue weighted by molar-refractivity contribution is 7.99. The third kappa shape index (κ3) is 3.62. The Hall–Kier alpha value is -2.34. The first-order chi connectivity index (χ1) is 14.3. The van der Waals surface area contributed by atoms with Crippen LogP contribution >= 0.6 is 11.8 Å². The second kappa shape index (κ2) is 8.06. The summed E-state index contributed by atoms with van der Waals surface area (Å²) in [4.78, 5) is 28.3. The fourth-order valence-corrected chi connectivity index (χ4v) is 5.97. The van der Waals surface area contributed by atoms with Gasteiger partial charge in [-0.15, -0.1) is 0 Å². The van der Waals surface area contributed by atoms with E-state index in [0.717, 1.165) is 39.4 Å². The van der Waals surface area contributed by atoms with Crippen molar-refractivity contribution in [2.45, 2.75) is 51.6 Å². The van der Waals surface area contributed by atoms with Crippen molar-refractivity contribution in [2.75, 3.05) is 16.8 Å². The van der Waals surface area contributed by atoms with Crippen LogP contribution in [0.5, 0.6) is 0 Å². The second-order valence-electron chi connectivity index (χ2n) is 8.41. The molecule has 0 radical (unpaired) electrons. The molecule has 1 N–H and O–H groups in total. The lowest BCUT2D eigenvalue weighted by Gasteiger charge is -2.54. The molecule has 0 bridgehead atoms. The van der Waals surface area contributed by atoms with E-state index in [4.69, 9.17) is 0 Å². The number of benzene rings is 2. The Bertz CT molecular complexity index is 960. The highest BCUT2D eigenvalue weighted by atomic mass is 32.2. The highest BCUT2D eigenvalue weighted by Gasteiger charge is 2.55. The number of carbonyl (C=O) groups is 2. The van der Waals surface area contributed by atoms with Gasteiger partial charge in [0.25, 0.3) is 0 Å². The van der Waals surface area contributed by atoms with E-state index in [-0.39, 0.29) is 23.7 Å². The summed E-state index contributed by atoms with van der Waals surface area (Å²) in [7, 11) is 0. The van der Waals surface area contributed by atoms with Crippen LogP contribution in [0, 0.1) is 26.6 Å². The lowest BCUT2D eigenvalue weighted by Crippen LogP contribution is -2.66. The Morgan fingerprint density at radius 1 is 1.10 bits per heavy atom. The molecular weight excluding hydrogens is 399 g/mol. The lowest BCUT2D eigenvalue weighted by molar-refractivity contribution is -0.164.